The second-order valence-corrected chi connectivity index (χ2v) is 8.49. The van der Waals surface area contributed by atoms with Gasteiger partial charge in [-0.05, 0) is 62.6 Å². The Bertz CT molecular complexity index is 1060. The topological polar surface area (TPSA) is 73.9 Å². The van der Waals surface area contributed by atoms with Crippen LogP contribution >= 0.6 is 0 Å². The predicted octanol–water partition coefficient (Wildman–Crippen LogP) is 3.56. The smallest absolute Gasteiger partial charge is 0.272 e. The lowest BCUT2D eigenvalue weighted by Crippen LogP contribution is -2.36. The number of alkyl halides is 1. The number of halogens is 2. The molecular weight excluding hydrogens is 388 g/mol. The molecule has 1 aromatic carbocycles. The zero-order valence-electron chi connectivity index (χ0n) is 17.1. The van der Waals surface area contributed by atoms with Gasteiger partial charge in [0.2, 0.25) is 5.95 Å². The zero-order valence-corrected chi connectivity index (χ0v) is 17.1. The molecule has 1 aliphatic rings. The first kappa shape index (κ1) is 20.4. The van der Waals surface area contributed by atoms with Gasteiger partial charge in [-0.25, -0.2) is 9.37 Å². The van der Waals surface area contributed by atoms with Crippen LogP contribution in [0, 0.1) is 11.9 Å². The number of fused-ring (bicyclic) bond motifs is 1. The van der Waals surface area contributed by atoms with Crippen molar-refractivity contribution < 1.29 is 13.6 Å². The van der Waals surface area contributed by atoms with Crippen LogP contribution in [-0.2, 0) is 0 Å². The summed E-state index contributed by atoms with van der Waals surface area (Å²) in [4.78, 5) is 18.5. The van der Waals surface area contributed by atoms with Gasteiger partial charge in [0.05, 0.1) is 5.52 Å². The molecule has 0 saturated carbocycles. The molecule has 1 saturated heterocycles. The lowest BCUT2D eigenvalue weighted by molar-refractivity contribution is 0.0941. The number of likely N-dealkylation sites (tertiary alicyclic amines) is 1. The van der Waals surface area contributed by atoms with E-state index >= 15 is 0 Å². The average molecular weight is 413 g/mol. The van der Waals surface area contributed by atoms with Crippen molar-refractivity contribution in [2.75, 3.05) is 26.2 Å². The van der Waals surface area contributed by atoms with Gasteiger partial charge >= 0.3 is 0 Å². The minimum absolute atomic E-state index is 0.274. The maximum atomic E-state index is 14.0. The van der Waals surface area contributed by atoms with E-state index in [0.29, 0.717) is 35.1 Å². The molecule has 2 aromatic heterocycles. The third kappa shape index (κ3) is 4.48. The standard InChI is InChI=1S/C22H25F2N5O/c1-22(2,24)13-29-9-7-14(12-29)11-26-21(30)19-17-10-15(5-6-18(17)27-28-19)16-4-3-8-25-20(16)23/h3-6,8,10,14H,7,9,11-13H2,1-2H3,(H,26,30)(H,27,28). The Balaban J connectivity index is 1.45. The van der Waals surface area contributed by atoms with Gasteiger partial charge in [-0.1, -0.05) is 6.07 Å². The quantitative estimate of drug-likeness (QED) is 0.606. The van der Waals surface area contributed by atoms with E-state index in [9.17, 15) is 13.6 Å². The van der Waals surface area contributed by atoms with E-state index in [-0.39, 0.29) is 17.5 Å². The number of carbonyl (C=O) groups excluding carboxylic acids is 1. The number of benzene rings is 1. The molecule has 2 N–H and O–H groups in total. The number of hydrogen-bond donors (Lipinski definition) is 2. The van der Waals surface area contributed by atoms with Crippen molar-refractivity contribution in [3.8, 4) is 11.1 Å². The molecule has 0 aliphatic carbocycles. The molecule has 4 rings (SSSR count). The number of rotatable bonds is 6. The Hall–Kier alpha value is -2.87. The van der Waals surface area contributed by atoms with Crippen LogP contribution < -0.4 is 5.32 Å². The summed E-state index contributed by atoms with van der Waals surface area (Å²) in [7, 11) is 0. The summed E-state index contributed by atoms with van der Waals surface area (Å²) in [5, 5.41) is 10.6. The summed E-state index contributed by atoms with van der Waals surface area (Å²) >= 11 is 0. The monoisotopic (exact) mass is 413 g/mol. The third-order valence-corrected chi connectivity index (χ3v) is 5.37. The highest BCUT2D eigenvalue weighted by molar-refractivity contribution is 6.05. The summed E-state index contributed by atoms with van der Waals surface area (Å²) < 4.78 is 27.9. The number of carbonyl (C=O) groups is 1. The number of amides is 1. The molecule has 0 spiro atoms. The van der Waals surface area contributed by atoms with Crippen molar-refractivity contribution >= 4 is 16.8 Å². The van der Waals surface area contributed by atoms with Gasteiger partial charge in [-0.15, -0.1) is 0 Å². The van der Waals surface area contributed by atoms with Crippen LogP contribution in [0.3, 0.4) is 0 Å². The summed E-state index contributed by atoms with van der Waals surface area (Å²) in [5.74, 6) is -0.565. The molecule has 1 aliphatic heterocycles. The highest BCUT2D eigenvalue weighted by Gasteiger charge is 2.28. The maximum Gasteiger partial charge on any atom is 0.272 e. The van der Waals surface area contributed by atoms with E-state index in [1.54, 1.807) is 44.2 Å². The number of pyridine rings is 1. The van der Waals surface area contributed by atoms with Gasteiger partial charge in [0, 0.05) is 36.8 Å². The fraction of sp³-hybridized carbons (Fsp3) is 0.409. The highest BCUT2D eigenvalue weighted by Crippen LogP contribution is 2.27. The van der Waals surface area contributed by atoms with Crippen LogP contribution in [0.1, 0.15) is 30.8 Å². The van der Waals surface area contributed by atoms with Gasteiger partial charge in [0.25, 0.3) is 5.91 Å². The fourth-order valence-electron chi connectivity index (χ4n) is 4.03. The van der Waals surface area contributed by atoms with E-state index < -0.39 is 11.6 Å². The van der Waals surface area contributed by atoms with Crippen molar-refractivity contribution in [2.24, 2.45) is 5.92 Å². The lowest BCUT2D eigenvalue weighted by Gasteiger charge is -2.23. The second-order valence-electron chi connectivity index (χ2n) is 8.49. The second kappa shape index (κ2) is 8.10. The Labute approximate surface area is 173 Å². The number of hydrogen-bond acceptors (Lipinski definition) is 4. The number of nitrogens with zero attached hydrogens (tertiary/aromatic N) is 3. The van der Waals surface area contributed by atoms with Crippen LogP contribution in [0.5, 0.6) is 0 Å². The largest absolute Gasteiger partial charge is 0.350 e. The van der Waals surface area contributed by atoms with E-state index in [0.717, 1.165) is 19.5 Å². The van der Waals surface area contributed by atoms with Gasteiger partial charge in [0.15, 0.2) is 5.69 Å². The van der Waals surface area contributed by atoms with E-state index in [1.807, 2.05) is 0 Å². The van der Waals surface area contributed by atoms with Gasteiger partial charge in [-0.3, -0.25) is 14.8 Å². The summed E-state index contributed by atoms with van der Waals surface area (Å²) in [6.45, 7) is 5.66. The summed E-state index contributed by atoms with van der Waals surface area (Å²) in [5.41, 5.74) is 0.747. The van der Waals surface area contributed by atoms with Crippen molar-refractivity contribution in [1.82, 2.24) is 25.4 Å². The first-order valence-corrected chi connectivity index (χ1v) is 10.1. The number of aromatic nitrogens is 3. The Morgan fingerprint density at radius 2 is 2.20 bits per heavy atom. The number of H-pyrrole nitrogens is 1. The summed E-state index contributed by atoms with van der Waals surface area (Å²) in [6.07, 6.45) is 2.31. The Morgan fingerprint density at radius 1 is 1.37 bits per heavy atom. The summed E-state index contributed by atoms with van der Waals surface area (Å²) in [6, 6.07) is 8.60. The van der Waals surface area contributed by atoms with Crippen LogP contribution in [0.4, 0.5) is 8.78 Å². The van der Waals surface area contributed by atoms with E-state index in [1.165, 1.54) is 6.20 Å². The first-order valence-electron chi connectivity index (χ1n) is 10.1. The molecule has 1 fully saturated rings. The molecule has 1 unspecified atom stereocenters. The van der Waals surface area contributed by atoms with E-state index in [4.69, 9.17) is 0 Å². The van der Waals surface area contributed by atoms with Crippen molar-refractivity contribution in [1.29, 1.82) is 0 Å². The molecule has 3 heterocycles. The third-order valence-electron chi connectivity index (χ3n) is 5.37. The maximum absolute atomic E-state index is 14.0. The van der Waals surface area contributed by atoms with Crippen molar-refractivity contribution in [3.63, 3.8) is 0 Å². The SMILES string of the molecule is CC(C)(F)CN1CCC(CNC(=O)c2n[nH]c3ccc(-c4cccnc4F)cc23)C1. The van der Waals surface area contributed by atoms with Crippen LogP contribution in [0.2, 0.25) is 0 Å². The molecule has 158 valence electrons. The average Bonchev–Trinajstić information content (AvgIpc) is 3.31. The van der Waals surface area contributed by atoms with Crippen LogP contribution in [-0.4, -0.2) is 57.8 Å². The molecule has 3 aromatic rings. The van der Waals surface area contributed by atoms with Gasteiger partial charge in [-0.2, -0.15) is 9.49 Å². The minimum atomic E-state index is -1.22. The lowest BCUT2D eigenvalue weighted by atomic mass is 10.0. The molecule has 1 atom stereocenters. The van der Waals surface area contributed by atoms with Crippen molar-refractivity contribution in [2.45, 2.75) is 25.9 Å². The molecule has 8 heteroatoms. The molecule has 30 heavy (non-hydrogen) atoms. The zero-order chi connectivity index (χ0) is 21.3. The predicted molar refractivity (Wildman–Crippen MR) is 111 cm³/mol. The number of aromatic amines is 1. The molecule has 0 radical (unpaired) electrons. The highest BCUT2D eigenvalue weighted by atomic mass is 19.1. The molecule has 0 bridgehead atoms. The van der Waals surface area contributed by atoms with Crippen LogP contribution in [0.15, 0.2) is 36.5 Å². The first-order chi connectivity index (χ1) is 14.3. The normalized spacial score (nSPS) is 17.5. The van der Waals surface area contributed by atoms with Crippen LogP contribution in [0.25, 0.3) is 22.0 Å². The molecule has 6 nitrogen and oxygen atoms in total. The Kier molecular flexibility index (Phi) is 5.51. The minimum Gasteiger partial charge on any atom is -0.350 e. The Morgan fingerprint density at radius 3 is 2.97 bits per heavy atom. The molecule has 1 amide bonds. The number of nitrogens with one attached hydrogen (secondary N) is 2. The fourth-order valence-corrected chi connectivity index (χ4v) is 4.03. The van der Waals surface area contributed by atoms with E-state index in [2.05, 4.69) is 25.4 Å². The van der Waals surface area contributed by atoms with Crippen molar-refractivity contribution in [3.05, 3.63) is 48.2 Å². The van der Waals surface area contributed by atoms with Gasteiger partial charge < -0.3 is 5.32 Å². The van der Waals surface area contributed by atoms with Gasteiger partial charge in [0.1, 0.15) is 5.67 Å². The molecular formula is C22H25F2N5O.